The van der Waals surface area contributed by atoms with Gasteiger partial charge >= 0.3 is 5.97 Å². The Kier molecular flexibility index (Phi) is 5.68. The van der Waals surface area contributed by atoms with Gasteiger partial charge in [0, 0.05) is 22.7 Å². The van der Waals surface area contributed by atoms with Crippen LogP contribution >= 0.6 is 0 Å². The van der Waals surface area contributed by atoms with Gasteiger partial charge in [-0.15, -0.1) is 0 Å². The topological polar surface area (TPSA) is 101 Å². The predicted molar refractivity (Wildman–Crippen MR) is 129 cm³/mol. The van der Waals surface area contributed by atoms with Crippen molar-refractivity contribution >= 4 is 17.5 Å². The van der Waals surface area contributed by atoms with Crippen molar-refractivity contribution in [2.75, 3.05) is 6.61 Å². The van der Waals surface area contributed by atoms with Crippen molar-refractivity contribution < 1.29 is 29.3 Å². The van der Waals surface area contributed by atoms with Crippen molar-refractivity contribution in [1.29, 1.82) is 0 Å². The van der Waals surface area contributed by atoms with Crippen molar-refractivity contribution in [2.45, 2.75) is 58.2 Å². The molecular weight excluding hydrogens is 444 g/mol. The third-order valence-corrected chi connectivity index (χ3v) is 9.86. The molecule has 35 heavy (non-hydrogen) atoms. The fourth-order valence-electron chi connectivity index (χ4n) is 8.41. The third kappa shape index (κ3) is 3.26. The van der Waals surface area contributed by atoms with Crippen LogP contribution in [0.25, 0.3) is 0 Å². The average Bonchev–Trinajstić information content (AvgIpc) is 3.06. The van der Waals surface area contributed by atoms with E-state index < -0.39 is 40.9 Å². The highest BCUT2D eigenvalue weighted by Gasteiger charge is 2.72. The number of esters is 1. The molecule has 4 aliphatic carbocycles. The molecule has 4 aliphatic rings. The summed E-state index contributed by atoms with van der Waals surface area (Å²) in [6.07, 6.45) is 7.02. The molecule has 1 aromatic carbocycles. The lowest BCUT2D eigenvalue weighted by Crippen LogP contribution is -2.64. The molecule has 8 atom stereocenters. The zero-order valence-corrected chi connectivity index (χ0v) is 20.6. The standard InChI is InChI=1S/C29H34O6/c1-17-13-22-21-10-9-19-14-20(31)11-12-27(19,2)25(21)23(32)15-28(22,3)29(17,24(33)16-30)35-26(34)18-7-5-4-6-8-18/h4-8,11-12,14,17,21-23,25,30,32H,9-10,13,15-16H2,1-3H3/t17?,21-,22-,23?,25+,27-,28-,29-/m0/s1. The first-order valence-corrected chi connectivity index (χ1v) is 12.6. The number of carbonyl (C=O) groups excluding carboxylic acids is 3. The van der Waals surface area contributed by atoms with E-state index in [-0.39, 0.29) is 35.9 Å². The van der Waals surface area contributed by atoms with E-state index in [0.29, 0.717) is 12.0 Å². The molecule has 0 saturated heterocycles. The summed E-state index contributed by atoms with van der Waals surface area (Å²) in [5.41, 5.74) is -1.37. The van der Waals surface area contributed by atoms with Crippen LogP contribution in [0.2, 0.25) is 0 Å². The van der Waals surface area contributed by atoms with Crippen LogP contribution in [0.3, 0.4) is 0 Å². The second-order valence-electron chi connectivity index (χ2n) is 11.4. The van der Waals surface area contributed by atoms with Gasteiger partial charge in [0.2, 0.25) is 5.78 Å². The number of carbonyl (C=O) groups is 3. The van der Waals surface area contributed by atoms with Crippen molar-refractivity contribution in [3.05, 3.63) is 59.7 Å². The van der Waals surface area contributed by atoms with Gasteiger partial charge < -0.3 is 14.9 Å². The van der Waals surface area contributed by atoms with Crippen LogP contribution in [0.5, 0.6) is 0 Å². The number of ether oxygens (including phenoxy) is 1. The van der Waals surface area contributed by atoms with Gasteiger partial charge in [0.05, 0.1) is 11.7 Å². The van der Waals surface area contributed by atoms with Crippen LogP contribution in [0, 0.1) is 34.5 Å². The number of Topliss-reactive ketones (excluding diaryl/α,β-unsaturated/α-hetero) is 1. The number of fused-ring (bicyclic) bond motifs is 5. The molecule has 6 heteroatoms. The van der Waals surface area contributed by atoms with E-state index in [1.165, 1.54) is 0 Å². The number of hydrogen-bond acceptors (Lipinski definition) is 6. The van der Waals surface area contributed by atoms with Crippen LogP contribution in [0.4, 0.5) is 0 Å². The van der Waals surface area contributed by atoms with Gasteiger partial charge in [-0.05, 0) is 61.8 Å². The molecule has 0 spiro atoms. The third-order valence-electron chi connectivity index (χ3n) is 9.86. The first-order valence-electron chi connectivity index (χ1n) is 12.6. The minimum absolute atomic E-state index is 0.0130. The number of aliphatic hydroxyl groups excluding tert-OH is 2. The summed E-state index contributed by atoms with van der Waals surface area (Å²) in [7, 11) is 0. The molecule has 0 heterocycles. The lowest BCUT2D eigenvalue weighted by atomic mass is 9.46. The first kappa shape index (κ1) is 24.1. The van der Waals surface area contributed by atoms with Gasteiger partial charge in [0.15, 0.2) is 11.4 Å². The molecule has 1 aromatic rings. The number of benzene rings is 1. The van der Waals surface area contributed by atoms with E-state index >= 15 is 0 Å². The van der Waals surface area contributed by atoms with E-state index in [9.17, 15) is 24.6 Å². The Hall–Kier alpha value is -2.57. The summed E-state index contributed by atoms with van der Waals surface area (Å²) >= 11 is 0. The number of allylic oxidation sites excluding steroid dienone is 4. The minimum atomic E-state index is -1.53. The Bertz CT molecular complexity index is 1120. The molecule has 0 aliphatic heterocycles. The van der Waals surface area contributed by atoms with Crippen LogP contribution in [0.1, 0.15) is 56.8 Å². The number of aliphatic hydroxyl groups is 2. The fourth-order valence-corrected chi connectivity index (χ4v) is 8.41. The highest BCUT2D eigenvalue weighted by Crippen LogP contribution is 2.69. The molecule has 186 valence electrons. The molecule has 5 rings (SSSR count). The maximum atomic E-state index is 13.5. The van der Waals surface area contributed by atoms with Gasteiger partial charge in [-0.2, -0.15) is 0 Å². The number of hydrogen-bond donors (Lipinski definition) is 2. The van der Waals surface area contributed by atoms with E-state index in [1.54, 1.807) is 42.5 Å². The SMILES string of the molecule is CC1C[C@H]2[C@@H]3CCC4=CC(=O)C=C[C@]4(C)[C@H]3C(O)C[C@]2(C)[C@@]1(OC(=O)c1ccccc1)C(=O)CO. The van der Waals surface area contributed by atoms with Crippen molar-refractivity contribution in [3.8, 4) is 0 Å². The molecule has 0 bridgehead atoms. The lowest BCUT2D eigenvalue weighted by molar-refractivity contribution is -0.184. The zero-order chi connectivity index (χ0) is 25.2. The van der Waals surface area contributed by atoms with E-state index in [1.807, 2.05) is 19.9 Å². The normalized spacial score (nSPS) is 41.9. The zero-order valence-electron chi connectivity index (χ0n) is 20.6. The maximum absolute atomic E-state index is 13.5. The van der Waals surface area contributed by atoms with Gasteiger partial charge in [-0.1, -0.05) is 50.6 Å². The molecule has 0 radical (unpaired) electrons. The predicted octanol–water partition coefficient (Wildman–Crippen LogP) is 3.67. The Morgan fingerprint density at radius 2 is 1.89 bits per heavy atom. The van der Waals surface area contributed by atoms with Crippen LogP contribution in [-0.4, -0.2) is 46.1 Å². The van der Waals surface area contributed by atoms with Crippen LogP contribution in [-0.2, 0) is 14.3 Å². The highest BCUT2D eigenvalue weighted by atomic mass is 16.6. The fraction of sp³-hybridized carbons (Fsp3) is 0.552. The van der Waals surface area contributed by atoms with Crippen LogP contribution in [0.15, 0.2) is 54.1 Å². The average molecular weight is 479 g/mol. The largest absolute Gasteiger partial charge is 0.446 e. The van der Waals surface area contributed by atoms with Gasteiger partial charge in [-0.3, -0.25) is 9.59 Å². The summed E-state index contributed by atoms with van der Waals surface area (Å²) in [4.78, 5) is 38.8. The Morgan fingerprint density at radius 3 is 2.57 bits per heavy atom. The summed E-state index contributed by atoms with van der Waals surface area (Å²) in [6.45, 7) is 5.25. The molecule has 6 nitrogen and oxygen atoms in total. The second kappa shape index (κ2) is 8.24. The highest BCUT2D eigenvalue weighted by molar-refractivity contribution is 6.01. The Labute approximate surface area is 206 Å². The smallest absolute Gasteiger partial charge is 0.339 e. The number of ketones is 2. The Morgan fingerprint density at radius 1 is 1.17 bits per heavy atom. The molecular formula is C29H34O6. The molecule has 2 unspecified atom stereocenters. The molecule has 2 N–H and O–H groups in total. The van der Waals surface area contributed by atoms with Gasteiger partial charge in [0.1, 0.15) is 6.61 Å². The van der Waals surface area contributed by atoms with Gasteiger partial charge in [-0.25, -0.2) is 4.79 Å². The molecule has 0 aromatic heterocycles. The monoisotopic (exact) mass is 478 g/mol. The maximum Gasteiger partial charge on any atom is 0.339 e. The van der Waals surface area contributed by atoms with Crippen molar-refractivity contribution in [3.63, 3.8) is 0 Å². The van der Waals surface area contributed by atoms with Gasteiger partial charge in [0.25, 0.3) is 0 Å². The lowest BCUT2D eigenvalue weighted by Gasteiger charge is -2.60. The van der Waals surface area contributed by atoms with Crippen LogP contribution < -0.4 is 0 Å². The van der Waals surface area contributed by atoms with Crippen molar-refractivity contribution in [2.24, 2.45) is 34.5 Å². The van der Waals surface area contributed by atoms with E-state index in [4.69, 9.17) is 4.74 Å². The Balaban J connectivity index is 1.57. The second-order valence-corrected chi connectivity index (χ2v) is 11.4. The molecule has 3 fully saturated rings. The summed E-state index contributed by atoms with van der Waals surface area (Å²) in [5, 5.41) is 21.7. The quantitative estimate of drug-likeness (QED) is 0.641. The molecule has 3 saturated carbocycles. The summed E-state index contributed by atoms with van der Waals surface area (Å²) < 4.78 is 6.17. The minimum Gasteiger partial charge on any atom is -0.446 e. The van der Waals surface area contributed by atoms with Crippen molar-refractivity contribution in [1.82, 2.24) is 0 Å². The summed E-state index contributed by atoms with van der Waals surface area (Å²) in [5.74, 6) is -1.40. The van der Waals surface area contributed by atoms with E-state index in [0.717, 1.165) is 18.4 Å². The molecule has 0 amide bonds. The van der Waals surface area contributed by atoms with E-state index in [2.05, 4.69) is 6.92 Å². The summed E-state index contributed by atoms with van der Waals surface area (Å²) in [6, 6.07) is 8.59. The number of rotatable bonds is 4. The first-order chi connectivity index (χ1) is 16.6.